The van der Waals surface area contributed by atoms with Gasteiger partial charge in [-0.05, 0) is 56.7 Å². The first-order valence-electron chi connectivity index (χ1n) is 9.58. The third-order valence-corrected chi connectivity index (χ3v) is 4.37. The molecule has 0 unspecified atom stereocenters. The van der Waals surface area contributed by atoms with Crippen LogP contribution >= 0.6 is 0 Å². The number of amides is 1. The predicted octanol–water partition coefficient (Wildman–Crippen LogP) is 4.26. The minimum atomic E-state index is -0.586. The van der Waals surface area contributed by atoms with Crippen LogP contribution in [0.15, 0.2) is 54.1 Å². The fourth-order valence-electron chi connectivity index (χ4n) is 2.85. The maximum absolute atomic E-state index is 12.6. The molecule has 29 heavy (non-hydrogen) atoms. The molecule has 1 N–H and O–H groups in total. The highest BCUT2D eigenvalue weighted by molar-refractivity contribution is 6.12. The Morgan fingerprint density at radius 1 is 1.07 bits per heavy atom. The molecule has 150 valence electrons. The van der Waals surface area contributed by atoms with Crippen LogP contribution in [-0.4, -0.2) is 31.6 Å². The molecule has 0 radical (unpaired) electrons. The summed E-state index contributed by atoms with van der Waals surface area (Å²) in [6.45, 7) is 7.91. The van der Waals surface area contributed by atoms with Crippen molar-refractivity contribution in [1.82, 2.24) is 0 Å². The lowest BCUT2D eigenvalue weighted by molar-refractivity contribution is -0.112. The van der Waals surface area contributed by atoms with Crippen LogP contribution in [0.1, 0.15) is 36.7 Å². The molecule has 0 saturated heterocycles. The molecule has 0 aliphatic rings. The first kappa shape index (κ1) is 21.7. The van der Waals surface area contributed by atoms with Gasteiger partial charge in [-0.15, -0.1) is 0 Å². The number of nitriles is 1. The molecular formula is C23H25N3O3. The number of nitrogens with one attached hydrogen (secondary N) is 1. The van der Waals surface area contributed by atoms with Gasteiger partial charge < -0.3 is 15.0 Å². The number of rotatable bonds is 8. The van der Waals surface area contributed by atoms with Gasteiger partial charge in [-0.3, -0.25) is 4.79 Å². The topological polar surface area (TPSA) is 82.4 Å². The highest BCUT2D eigenvalue weighted by atomic mass is 16.5. The molecule has 0 aliphatic heterocycles. The SMILES string of the molecule is CCOC(=O)c1ccccc1NC(=O)/C(C#N)=C/c1ccc(N(CC)CC)cc1. The first-order chi connectivity index (χ1) is 14.0. The summed E-state index contributed by atoms with van der Waals surface area (Å²) in [7, 11) is 0. The number of nitrogens with zero attached hydrogens (tertiary/aromatic N) is 2. The molecule has 2 rings (SSSR count). The number of esters is 1. The zero-order chi connectivity index (χ0) is 21.2. The van der Waals surface area contributed by atoms with Crippen molar-refractivity contribution in [2.75, 3.05) is 29.9 Å². The normalized spacial score (nSPS) is 10.8. The van der Waals surface area contributed by atoms with Gasteiger partial charge >= 0.3 is 5.97 Å². The summed E-state index contributed by atoms with van der Waals surface area (Å²) in [6, 6.07) is 16.1. The molecule has 2 aromatic rings. The summed E-state index contributed by atoms with van der Waals surface area (Å²) < 4.78 is 5.01. The van der Waals surface area contributed by atoms with Crippen LogP contribution in [-0.2, 0) is 9.53 Å². The van der Waals surface area contributed by atoms with Crippen molar-refractivity contribution >= 4 is 29.3 Å². The second-order valence-corrected chi connectivity index (χ2v) is 6.15. The lowest BCUT2D eigenvalue weighted by Crippen LogP contribution is -2.21. The first-order valence-corrected chi connectivity index (χ1v) is 9.58. The molecular weight excluding hydrogens is 366 g/mol. The molecule has 0 heterocycles. The molecule has 0 bridgehead atoms. The summed E-state index contributed by atoms with van der Waals surface area (Å²) in [6.07, 6.45) is 1.52. The molecule has 6 nitrogen and oxygen atoms in total. The molecule has 2 aromatic carbocycles. The number of hydrogen-bond donors (Lipinski definition) is 1. The monoisotopic (exact) mass is 391 g/mol. The van der Waals surface area contributed by atoms with E-state index in [0.29, 0.717) is 5.69 Å². The van der Waals surface area contributed by atoms with Crippen LogP contribution in [0, 0.1) is 11.3 Å². The third kappa shape index (κ3) is 5.69. The van der Waals surface area contributed by atoms with Gasteiger partial charge in [0.15, 0.2) is 0 Å². The van der Waals surface area contributed by atoms with Crippen molar-refractivity contribution in [2.45, 2.75) is 20.8 Å². The van der Waals surface area contributed by atoms with Gasteiger partial charge in [0, 0.05) is 18.8 Å². The van der Waals surface area contributed by atoms with E-state index in [0.717, 1.165) is 24.3 Å². The van der Waals surface area contributed by atoms with E-state index in [2.05, 4.69) is 24.1 Å². The fourth-order valence-corrected chi connectivity index (χ4v) is 2.85. The highest BCUT2D eigenvalue weighted by Gasteiger charge is 2.16. The van der Waals surface area contributed by atoms with Gasteiger partial charge in [0.2, 0.25) is 0 Å². The van der Waals surface area contributed by atoms with Gasteiger partial charge in [0.25, 0.3) is 5.91 Å². The Hall–Kier alpha value is -3.59. The average molecular weight is 391 g/mol. The molecule has 1 amide bonds. The van der Waals surface area contributed by atoms with Crippen LogP contribution < -0.4 is 10.2 Å². The van der Waals surface area contributed by atoms with Gasteiger partial charge in [0.1, 0.15) is 11.6 Å². The number of para-hydroxylation sites is 1. The number of carbonyl (C=O) groups is 2. The Kier molecular flexibility index (Phi) is 7.99. The van der Waals surface area contributed by atoms with Crippen LogP contribution in [0.25, 0.3) is 6.08 Å². The number of anilines is 2. The van der Waals surface area contributed by atoms with E-state index in [4.69, 9.17) is 4.74 Å². The van der Waals surface area contributed by atoms with Crippen molar-refractivity contribution in [3.63, 3.8) is 0 Å². The Labute approximate surface area is 171 Å². The van der Waals surface area contributed by atoms with Crippen molar-refractivity contribution in [3.05, 3.63) is 65.2 Å². The number of hydrogen-bond acceptors (Lipinski definition) is 5. The Morgan fingerprint density at radius 2 is 1.72 bits per heavy atom. The maximum Gasteiger partial charge on any atom is 0.340 e. The summed E-state index contributed by atoms with van der Waals surface area (Å²) in [5, 5.41) is 12.1. The Bertz CT molecular complexity index is 923. The number of benzene rings is 2. The maximum atomic E-state index is 12.6. The summed E-state index contributed by atoms with van der Waals surface area (Å²) in [5.41, 5.74) is 2.31. The minimum Gasteiger partial charge on any atom is -0.462 e. The molecule has 6 heteroatoms. The zero-order valence-electron chi connectivity index (χ0n) is 16.9. The van der Waals surface area contributed by atoms with E-state index in [1.165, 1.54) is 6.08 Å². The molecule has 0 saturated carbocycles. The minimum absolute atomic E-state index is 0.0562. The molecule has 0 aliphatic carbocycles. The van der Waals surface area contributed by atoms with Crippen LogP contribution in [0.3, 0.4) is 0 Å². The quantitative estimate of drug-likeness (QED) is 0.413. The molecule has 0 atom stereocenters. The second kappa shape index (κ2) is 10.7. The van der Waals surface area contributed by atoms with Crippen LogP contribution in [0.4, 0.5) is 11.4 Å². The fraction of sp³-hybridized carbons (Fsp3) is 0.261. The summed E-state index contributed by atoms with van der Waals surface area (Å²) in [4.78, 5) is 26.8. The van der Waals surface area contributed by atoms with E-state index in [-0.39, 0.29) is 17.7 Å². The zero-order valence-corrected chi connectivity index (χ0v) is 16.9. The lowest BCUT2D eigenvalue weighted by atomic mass is 10.1. The predicted molar refractivity (Wildman–Crippen MR) is 115 cm³/mol. The third-order valence-electron chi connectivity index (χ3n) is 4.37. The standard InChI is InChI=1S/C23H25N3O3/c1-4-26(5-2)19-13-11-17(12-14-19)15-18(16-24)22(27)25-21-10-8-7-9-20(21)23(28)29-6-3/h7-15H,4-6H2,1-3H3,(H,25,27)/b18-15+. The van der Waals surface area contributed by atoms with E-state index in [9.17, 15) is 14.9 Å². The van der Waals surface area contributed by atoms with Crippen LogP contribution in [0.5, 0.6) is 0 Å². The molecule has 0 aromatic heterocycles. The Balaban J connectivity index is 2.22. The van der Waals surface area contributed by atoms with Gasteiger partial charge in [0.05, 0.1) is 17.9 Å². The highest BCUT2D eigenvalue weighted by Crippen LogP contribution is 2.19. The van der Waals surface area contributed by atoms with E-state index < -0.39 is 11.9 Å². The smallest absolute Gasteiger partial charge is 0.340 e. The number of carbonyl (C=O) groups excluding carboxylic acids is 2. The van der Waals surface area contributed by atoms with E-state index >= 15 is 0 Å². The van der Waals surface area contributed by atoms with Gasteiger partial charge in [-0.25, -0.2) is 4.79 Å². The molecule has 0 spiro atoms. The van der Waals surface area contributed by atoms with Gasteiger partial charge in [-0.2, -0.15) is 5.26 Å². The van der Waals surface area contributed by atoms with E-state index in [1.54, 1.807) is 31.2 Å². The number of ether oxygens (including phenoxy) is 1. The lowest BCUT2D eigenvalue weighted by Gasteiger charge is -2.20. The van der Waals surface area contributed by atoms with Crippen molar-refractivity contribution in [2.24, 2.45) is 0 Å². The average Bonchev–Trinajstić information content (AvgIpc) is 2.74. The Morgan fingerprint density at radius 3 is 2.31 bits per heavy atom. The van der Waals surface area contributed by atoms with E-state index in [1.807, 2.05) is 30.3 Å². The van der Waals surface area contributed by atoms with Crippen molar-refractivity contribution in [1.29, 1.82) is 5.26 Å². The summed E-state index contributed by atoms with van der Waals surface area (Å²) >= 11 is 0. The molecule has 0 fully saturated rings. The van der Waals surface area contributed by atoms with Gasteiger partial charge in [-0.1, -0.05) is 24.3 Å². The van der Waals surface area contributed by atoms with Crippen molar-refractivity contribution in [3.8, 4) is 6.07 Å². The second-order valence-electron chi connectivity index (χ2n) is 6.15. The van der Waals surface area contributed by atoms with Crippen molar-refractivity contribution < 1.29 is 14.3 Å². The van der Waals surface area contributed by atoms with Crippen LogP contribution in [0.2, 0.25) is 0 Å². The largest absolute Gasteiger partial charge is 0.462 e. The summed E-state index contributed by atoms with van der Waals surface area (Å²) in [5.74, 6) is -1.12.